The zero-order valence-electron chi connectivity index (χ0n) is 11.8. The van der Waals surface area contributed by atoms with Crippen LogP contribution >= 0.6 is 0 Å². The van der Waals surface area contributed by atoms with E-state index >= 15 is 0 Å². The zero-order chi connectivity index (χ0) is 14.2. The van der Waals surface area contributed by atoms with Gasteiger partial charge in [-0.25, -0.2) is 0 Å². The van der Waals surface area contributed by atoms with Gasteiger partial charge in [-0.05, 0) is 25.3 Å². The Morgan fingerprint density at radius 3 is 3.00 bits per heavy atom. The van der Waals surface area contributed by atoms with Crippen LogP contribution in [0.4, 0.5) is 0 Å². The van der Waals surface area contributed by atoms with Gasteiger partial charge in [-0.1, -0.05) is 30.3 Å². The third-order valence-electron chi connectivity index (χ3n) is 3.55. The quantitative estimate of drug-likeness (QED) is 0.607. The van der Waals surface area contributed by atoms with E-state index in [1.807, 2.05) is 37.3 Å². The number of hydroxylamine groups is 1. The first-order chi connectivity index (χ1) is 9.79. The van der Waals surface area contributed by atoms with Gasteiger partial charge in [0, 0.05) is 19.1 Å². The minimum atomic E-state index is -0.175. The molecule has 1 aromatic rings. The average Bonchev–Trinajstić information content (AvgIpc) is 2.49. The molecule has 1 fully saturated rings. The Balaban J connectivity index is 1.71. The Labute approximate surface area is 119 Å². The number of nitrogens with one attached hydrogen (secondary N) is 1. The van der Waals surface area contributed by atoms with Crippen LogP contribution in [-0.2, 0) is 21.0 Å². The molecular weight excluding hydrogens is 256 g/mol. The first kappa shape index (κ1) is 15.0. The number of piperidine rings is 1. The molecule has 0 bridgehead atoms. The average molecular weight is 278 g/mol. The second-order valence-electron chi connectivity index (χ2n) is 5.06. The summed E-state index contributed by atoms with van der Waals surface area (Å²) >= 11 is 0. The first-order valence-corrected chi connectivity index (χ1v) is 7.04. The summed E-state index contributed by atoms with van der Waals surface area (Å²) in [5, 5.41) is 0. The summed E-state index contributed by atoms with van der Waals surface area (Å²) in [6, 6.07) is 10.3. The molecule has 1 N–H and O–H groups in total. The Morgan fingerprint density at radius 1 is 1.45 bits per heavy atom. The molecule has 0 amide bonds. The lowest BCUT2D eigenvalue weighted by Crippen LogP contribution is -2.49. The number of likely N-dealkylation sites (tertiary alicyclic amines) is 1. The predicted molar refractivity (Wildman–Crippen MR) is 75.6 cm³/mol. The molecule has 1 aliphatic heterocycles. The number of hydrogen-bond donors (Lipinski definition) is 1. The first-order valence-electron chi connectivity index (χ1n) is 7.04. The van der Waals surface area contributed by atoms with E-state index in [1.165, 1.54) is 0 Å². The topological polar surface area (TPSA) is 50.8 Å². The molecule has 5 heteroatoms. The van der Waals surface area contributed by atoms with E-state index in [1.54, 1.807) is 0 Å². The molecule has 1 aromatic carbocycles. The Kier molecular flexibility index (Phi) is 5.98. The zero-order valence-corrected chi connectivity index (χ0v) is 11.8. The van der Waals surface area contributed by atoms with Gasteiger partial charge in [0.1, 0.15) is 0 Å². The number of hydrogen-bond acceptors (Lipinski definition) is 5. The molecule has 2 rings (SSSR count). The van der Waals surface area contributed by atoms with Crippen molar-refractivity contribution >= 4 is 6.47 Å². The van der Waals surface area contributed by atoms with Crippen LogP contribution < -0.4 is 5.48 Å². The molecule has 1 heterocycles. The summed E-state index contributed by atoms with van der Waals surface area (Å²) in [4.78, 5) is 18.1. The van der Waals surface area contributed by atoms with Crippen LogP contribution in [0.3, 0.4) is 0 Å². The number of carbonyl (C=O) groups excluding carboxylic acids is 1. The van der Waals surface area contributed by atoms with E-state index in [0.717, 1.165) is 31.5 Å². The number of benzene rings is 1. The van der Waals surface area contributed by atoms with Crippen molar-refractivity contribution in [1.29, 1.82) is 0 Å². The number of carbonyl (C=O) groups is 1. The third kappa shape index (κ3) is 4.59. The van der Waals surface area contributed by atoms with E-state index < -0.39 is 0 Å². The van der Waals surface area contributed by atoms with Gasteiger partial charge in [0.25, 0.3) is 6.47 Å². The standard InChI is InChI=1S/C15H22N2O3/c1-13(19-12-18)17-9-5-8-15(10-17)16-20-11-14-6-3-2-4-7-14/h2-4,6-7,12-13,15-16H,5,8-11H2,1H3/t13?,15-/m1/s1. The van der Waals surface area contributed by atoms with E-state index in [9.17, 15) is 4.79 Å². The van der Waals surface area contributed by atoms with Crippen LogP contribution in [0.15, 0.2) is 30.3 Å². The van der Waals surface area contributed by atoms with E-state index in [0.29, 0.717) is 13.1 Å². The maximum atomic E-state index is 10.4. The van der Waals surface area contributed by atoms with Gasteiger partial charge in [-0.2, -0.15) is 5.48 Å². The fourth-order valence-corrected chi connectivity index (χ4v) is 2.42. The molecule has 2 atom stereocenters. The molecule has 110 valence electrons. The second kappa shape index (κ2) is 7.99. The molecule has 0 aromatic heterocycles. The van der Waals surface area contributed by atoms with Crippen molar-refractivity contribution in [2.45, 2.75) is 38.6 Å². The SMILES string of the molecule is CC(OC=O)N1CCC[C@@H](NOCc2ccccc2)C1. The van der Waals surface area contributed by atoms with Gasteiger partial charge in [0.2, 0.25) is 0 Å². The predicted octanol–water partition coefficient (Wildman–Crippen LogP) is 1.69. The van der Waals surface area contributed by atoms with Gasteiger partial charge in [0.05, 0.1) is 6.61 Å². The maximum Gasteiger partial charge on any atom is 0.294 e. The number of rotatable bonds is 7. The smallest absolute Gasteiger partial charge is 0.294 e. The molecule has 0 aliphatic carbocycles. The lowest BCUT2D eigenvalue weighted by Gasteiger charge is -2.35. The van der Waals surface area contributed by atoms with Gasteiger partial charge in [0.15, 0.2) is 6.23 Å². The van der Waals surface area contributed by atoms with Gasteiger partial charge < -0.3 is 4.74 Å². The summed E-state index contributed by atoms with van der Waals surface area (Å²) in [7, 11) is 0. The Hall–Kier alpha value is -1.43. The lowest BCUT2D eigenvalue weighted by atomic mass is 10.1. The molecule has 1 unspecified atom stereocenters. The fraction of sp³-hybridized carbons (Fsp3) is 0.533. The number of nitrogens with zero attached hydrogens (tertiary/aromatic N) is 1. The van der Waals surface area contributed by atoms with Crippen molar-refractivity contribution in [1.82, 2.24) is 10.4 Å². The minimum Gasteiger partial charge on any atom is -0.449 e. The van der Waals surface area contributed by atoms with Crippen LogP contribution in [0.2, 0.25) is 0 Å². The van der Waals surface area contributed by atoms with Crippen LogP contribution in [0, 0.1) is 0 Å². The molecule has 1 saturated heterocycles. The van der Waals surface area contributed by atoms with Crippen LogP contribution in [0.1, 0.15) is 25.3 Å². The highest BCUT2D eigenvalue weighted by Crippen LogP contribution is 2.13. The normalized spacial score (nSPS) is 21.4. The Morgan fingerprint density at radius 2 is 2.25 bits per heavy atom. The van der Waals surface area contributed by atoms with Crippen molar-refractivity contribution in [3.05, 3.63) is 35.9 Å². The largest absolute Gasteiger partial charge is 0.449 e. The summed E-state index contributed by atoms with van der Waals surface area (Å²) in [5.74, 6) is 0. The van der Waals surface area contributed by atoms with Crippen molar-refractivity contribution in [3.63, 3.8) is 0 Å². The maximum absolute atomic E-state index is 10.4. The summed E-state index contributed by atoms with van der Waals surface area (Å²) in [6.45, 7) is 4.72. The molecule has 0 radical (unpaired) electrons. The van der Waals surface area contributed by atoms with Gasteiger partial charge in [-0.3, -0.25) is 14.5 Å². The lowest BCUT2D eigenvalue weighted by molar-refractivity contribution is -0.144. The van der Waals surface area contributed by atoms with Crippen LogP contribution in [0.25, 0.3) is 0 Å². The Bertz CT molecular complexity index is 399. The van der Waals surface area contributed by atoms with E-state index in [2.05, 4.69) is 10.4 Å². The van der Waals surface area contributed by atoms with Crippen LogP contribution in [-0.4, -0.2) is 36.7 Å². The second-order valence-corrected chi connectivity index (χ2v) is 5.06. The van der Waals surface area contributed by atoms with E-state index in [4.69, 9.17) is 9.57 Å². The molecule has 20 heavy (non-hydrogen) atoms. The van der Waals surface area contributed by atoms with Crippen molar-refractivity contribution in [2.75, 3.05) is 13.1 Å². The highest BCUT2D eigenvalue weighted by atomic mass is 16.6. The molecule has 0 spiro atoms. The fourth-order valence-electron chi connectivity index (χ4n) is 2.42. The van der Waals surface area contributed by atoms with Crippen molar-refractivity contribution < 1.29 is 14.4 Å². The van der Waals surface area contributed by atoms with Gasteiger partial charge >= 0.3 is 0 Å². The molecular formula is C15H22N2O3. The van der Waals surface area contributed by atoms with Crippen molar-refractivity contribution in [3.8, 4) is 0 Å². The summed E-state index contributed by atoms with van der Waals surface area (Å²) < 4.78 is 4.98. The van der Waals surface area contributed by atoms with Gasteiger partial charge in [-0.15, -0.1) is 0 Å². The van der Waals surface area contributed by atoms with Crippen molar-refractivity contribution in [2.24, 2.45) is 0 Å². The van der Waals surface area contributed by atoms with Crippen LogP contribution in [0.5, 0.6) is 0 Å². The summed E-state index contributed by atoms with van der Waals surface area (Å²) in [5.41, 5.74) is 4.26. The highest BCUT2D eigenvalue weighted by Gasteiger charge is 2.24. The third-order valence-corrected chi connectivity index (χ3v) is 3.55. The summed E-state index contributed by atoms with van der Waals surface area (Å²) in [6.07, 6.45) is 1.96. The minimum absolute atomic E-state index is 0.175. The molecule has 0 saturated carbocycles. The number of ether oxygens (including phenoxy) is 1. The molecule has 1 aliphatic rings. The highest BCUT2D eigenvalue weighted by molar-refractivity contribution is 5.37. The van der Waals surface area contributed by atoms with E-state index in [-0.39, 0.29) is 12.3 Å². The molecule has 5 nitrogen and oxygen atoms in total. The monoisotopic (exact) mass is 278 g/mol.